The highest BCUT2D eigenvalue weighted by Crippen LogP contribution is 2.22. The summed E-state index contributed by atoms with van der Waals surface area (Å²) in [7, 11) is 0. The van der Waals surface area contributed by atoms with Crippen molar-refractivity contribution in [3.05, 3.63) is 52.8 Å². The first-order chi connectivity index (χ1) is 14.2. The van der Waals surface area contributed by atoms with Gasteiger partial charge in [-0.2, -0.15) is 0 Å². The Balaban J connectivity index is 1.53. The fraction of sp³-hybridized carbons (Fsp3) is 0.421. The molecule has 3 rings (SSSR count). The fourth-order valence-corrected chi connectivity index (χ4v) is 3.13. The van der Waals surface area contributed by atoms with E-state index in [-0.39, 0.29) is 10.6 Å². The smallest absolute Gasteiger partial charge is 0.292 e. The van der Waals surface area contributed by atoms with Crippen LogP contribution in [0.15, 0.2) is 47.7 Å². The number of para-hydroxylation sites is 2. The highest BCUT2D eigenvalue weighted by Gasteiger charge is 2.21. The average molecular weight is 398 g/mol. The molecule has 2 aromatic rings. The van der Waals surface area contributed by atoms with Gasteiger partial charge in [0.25, 0.3) is 5.69 Å². The minimum absolute atomic E-state index is 0.0719. The van der Waals surface area contributed by atoms with Crippen LogP contribution in [0.5, 0.6) is 0 Å². The van der Waals surface area contributed by atoms with Gasteiger partial charge in [0.15, 0.2) is 5.96 Å². The van der Waals surface area contributed by atoms with Gasteiger partial charge in [-0.05, 0) is 19.1 Å². The van der Waals surface area contributed by atoms with Gasteiger partial charge in [-0.3, -0.25) is 15.1 Å². The van der Waals surface area contributed by atoms with Crippen LogP contribution in [0.25, 0.3) is 0 Å². The quantitative estimate of drug-likeness (QED) is 0.238. The number of aromatic nitrogens is 2. The van der Waals surface area contributed by atoms with Crippen LogP contribution in [0, 0.1) is 10.1 Å². The standard InChI is InChI=1S/C19H26N8O2/c1-2-20-18(24-11-10-21-16-6-3-4-7-17(16)27(28)29)25-12-14-26(15-13-25)19-22-8-5-9-23-19/h3-9,21H,2,10-15H2,1H3,(H,20,24). The number of hydrogen-bond donors (Lipinski definition) is 2. The molecule has 154 valence electrons. The summed E-state index contributed by atoms with van der Waals surface area (Å²) in [6, 6.07) is 8.45. The van der Waals surface area contributed by atoms with E-state index in [1.54, 1.807) is 30.6 Å². The second-order valence-corrected chi connectivity index (χ2v) is 6.46. The van der Waals surface area contributed by atoms with E-state index in [1.807, 2.05) is 13.0 Å². The lowest BCUT2D eigenvalue weighted by Gasteiger charge is -2.36. The number of rotatable bonds is 7. The average Bonchev–Trinajstić information content (AvgIpc) is 2.77. The van der Waals surface area contributed by atoms with Crippen LogP contribution in [0.4, 0.5) is 17.3 Å². The summed E-state index contributed by atoms with van der Waals surface area (Å²) in [6.45, 7) is 7.12. The van der Waals surface area contributed by atoms with Crippen molar-refractivity contribution < 1.29 is 4.92 Å². The van der Waals surface area contributed by atoms with E-state index in [4.69, 9.17) is 0 Å². The van der Waals surface area contributed by atoms with Crippen molar-refractivity contribution in [1.29, 1.82) is 0 Å². The number of guanidine groups is 1. The molecule has 1 aliphatic heterocycles. The molecule has 0 bridgehead atoms. The number of aliphatic imine (C=N–C) groups is 1. The minimum Gasteiger partial charge on any atom is -0.378 e. The van der Waals surface area contributed by atoms with Crippen molar-refractivity contribution in [2.75, 3.05) is 56.0 Å². The molecule has 0 spiro atoms. The Kier molecular flexibility index (Phi) is 7.15. The molecule has 0 unspecified atom stereocenters. The topological polar surface area (TPSA) is 112 Å². The summed E-state index contributed by atoms with van der Waals surface area (Å²) in [5.74, 6) is 1.60. The molecule has 29 heavy (non-hydrogen) atoms. The van der Waals surface area contributed by atoms with Crippen LogP contribution < -0.4 is 15.5 Å². The molecular formula is C19H26N8O2. The van der Waals surface area contributed by atoms with Crippen LogP contribution in [-0.2, 0) is 0 Å². The SMILES string of the molecule is CCNC(=NCCNc1ccccc1[N+](=O)[O-])N1CCN(c2ncccn2)CC1. The van der Waals surface area contributed by atoms with Gasteiger partial charge >= 0.3 is 0 Å². The van der Waals surface area contributed by atoms with E-state index in [0.717, 1.165) is 44.6 Å². The Bertz CT molecular complexity index is 822. The van der Waals surface area contributed by atoms with Crippen molar-refractivity contribution in [2.45, 2.75) is 6.92 Å². The van der Waals surface area contributed by atoms with Gasteiger partial charge in [-0.25, -0.2) is 9.97 Å². The number of hydrogen-bond acceptors (Lipinski definition) is 7. The first kappa shape index (κ1) is 20.3. The summed E-state index contributed by atoms with van der Waals surface area (Å²) >= 11 is 0. The fourth-order valence-electron chi connectivity index (χ4n) is 3.13. The Labute approximate surface area is 169 Å². The molecule has 10 nitrogen and oxygen atoms in total. The molecule has 0 radical (unpaired) electrons. The number of nitro groups is 1. The normalized spacial score (nSPS) is 14.6. The van der Waals surface area contributed by atoms with Crippen LogP contribution in [-0.4, -0.2) is 71.6 Å². The van der Waals surface area contributed by atoms with E-state index in [0.29, 0.717) is 18.8 Å². The zero-order valence-corrected chi connectivity index (χ0v) is 16.5. The second-order valence-electron chi connectivity index (χ2n) is 6.46. The Morgan fingerprint density at radius 1 is 1.17 bits per heavy atom. The highest BCUT2D eigenvalue weighted by molar-refractivity contribution is 5.80. The zero-order valence-electron chi connectivity index (χ0n) is 16.5. The summed E-state index contributed by atoms with van der Waals surface area (Å²) in [5.41, 5.74) is 0.580. The van der Waals surface area contributed by atoms with Crippen LogP contribution >= 0.6 is 0 Å². The molecule has 1 aromatic carbocycles. The lowest BCUT2D eigenvalue weighted by molar-refractivity contribution is -0.384. The maximum absolute atomic E-state index is 11.1. The zero-order chi connectivity index (χ0) is 20.5. The van der Waals surface area contributed by atoms with Crippen molar-refractivity contribution in [3.8, 4) is 0 Å². The highest BCUT2D eigenvalue weighted by atomic mass is 16.6. The number of nitrogens with zero attached hydrogens (tertiary/aromatic N) is 6. The molecule has 1 aliphatic rings. The van der Waals surface area contributed by atoms with Gasteiger partial charge in [-0.15, -0.1) is 0 Å². The van der Waals surface area contributed by atoms with Crippen LogP contribution in [0.1, 0.15) is 6.92 Å². The van der Waals surface area contributed by atoms with E-state index < -0.39 is 0 Å². The molecule has 1 aromatic heterocycles. The van der Waals surface area contributed by atoms with E-state index in [9.17, 15) is 10.1 Å². The number of benzene rings is 1. The first-order valence-corrected chi connectivity index (χ1v) is 9.71. The number of piperazine rings is 1. The van der Waals surface area contributed by atoms with E-state index in [2.05, 4.69) is 35.4 Å². The van der Waals surface area contributed by atoms with Crippen molar-refractivity contribution in [2.24, 2.45) is 4.99 Å². The summed E-state index contributed by atoms with van der Waals surface area (Å²) in [6.07, 6.45) is 3.51. The number of nitrogens with one attached hydrogen (secondary N) is 2. The third-order valence-corrected chi connectivity index (χ3v) is 4.54. The molecule has 1 saturated heterocycles. The molecular weight excluding hydrogens is 372 g/mol. The maximum Gasteiger partial charge on any atom is 0.292 e. The molecule has 2 N–H and O–H groups in total. The van der Waals surface area contributed by atoms with Gasteiger partial charge in [0, 0.05) is 57.7 Å². The van der Waals surface area contributed by atoms with Gasteiger partial charge in [-0.1, -0.05) is 12.1 Å². The minimum atomic E-state index is -0.383. The molecule has 0 aliphatic carbocycles. The molecule has 0 amide bonds. The largest absolute Gasteiger partial charge is 0.378 e. The first-order valence-electron chi connectivity index (χ1n) is 9.71. The Morgan fingerprint density at radius 3 is 2.59 bits per heavy atom. The van der Waals surface area contributed by atoms with Gasteiger partial charge in [0.2, 0.25) is 5.95 Å². The van der Waals surface area contributed by atoms with Crippen LogP contribution in [0.2, 0.25) is 0 Å². The maximum atomic E-state index is 11.1. The third-order valence-electron chi connectivity index (χ3n) is 4.54. The molecule has 0 saturated carbocycles. The summed E-state index contributed by atoms with van der Waals surface area (Å²) in [5, 5.41) is 17.5. The van der Waals surface area contributed by atoms with E-state index >= 15 is 0 Å². The number of nitro benzene ring substituents is 1. The van der Waals surface area contributed by atoms with E-state index in [1.165, 1.54) is 6.07 Å². The third kappa shape index (κ3) is 5.53. The monoisotopic (exact) mass is 398 g/mol. The van der Waals surface area contributed by atoms with Gasteiger partial charge < -0.3 is 20.4 Å². The van der Waals surface area contributed by atoms with Crippen molar-refractivity contribution in [3.63, 3.8) is 0 Å². The summed E-state index contributed by atoms with van der Waals surface area (Å²) < 4.78 is 0. The molecule has 10 heteroatoms. The van der Waals surface area contributed by atoms with Gasteiger partial charge in [0.1, 0.15) is 5.69 Å². The van der Waals surface area contributed by atoms with Crippen molar-refractivity contribution >= 4 is 23.3 Å². The summed E-state index contributed by atoms with van der Waals surface area (Å²) in [4.78, 5) is 28.4. The Morgan fingerprint density at radius 2 is 1.90 bits per heavy atom. The molecule has 1 fully saturated rings. The second kappa shape index (κ2) is 10.2. The van der Waals surface area contributed by atoms with Crippen molar-refractivity contribution in [1.82, 2.24) is 20.2 Å². The Hall–Kier alpha value is -3.43. The number of anilines is 2. The predicted molar refractivity (Wildman–Crippen MR) is 113 cm³/mol. The lowest BCUT2D eigenvalue weighted by Crippen LogP contribution is -2.53. The van der Waals surface area contributed by atoms with Crippen LogP contribution in [0.3, 0.4) is 0 Å². The molecule has 2 heterocycles. The van der Waals surface area contributed by atoms with Gasteiger partial charge in [0.05, 0.1) is 11.5 Å². The molecule has 0 atom stereocenters. The lowest BCUT2D eigenvalue weighted by atomic mass is 10.2. The predicted octanol–water partition coefficient (Wildman–Crippen LogP) is 1.58.